The van der Waals surface area contributed by atoms with E-state index in [2.05, 4.69) is 61.9 Å². The Morgan fingerprint density at radius 3 is 2.62 bits per heavy atom. The minimum Gasteiger partial charge on any atom is -0.383 e. The SMILES string of the molecule is CCc1ccc(-n2c(Br)nnc2SCC(=O)Nc2ccc(C(=O)NCCOC)cc2Cl)c2ccccc12. The second-order valence-corrected chi connectivity index (χ2v) is 10.1. The monoisotopic (exact) mass is 601 g/mol. The highest BCUT2D eigenvalue weighted by Crippen LogP contribution is 2.32. The molecule has 37 heavy (non-hydrogen) atoms. The number of hydrogen-bond donors (Lipinski definition) is 2. The van der Waals surface area contributed by atoms with Crippen LogP contribution in [0.1, 0.15) is 22.8 Å². The molecule has 192 valence electrons. The zero-order valence-electron chi connectivity index (χ0n) is 20.3. The Bertz CT molecular complexity index is 1450. The molecule has 0 saturated heterocycles. The van der Waals surface area contributed by atoms with Crippen LogP contribution < -0.4 is 10.6 Å². The van der Waals surface area contributed by atoms with E-state index in [4.69, 9.17) is 16.3 Å². The molecule has 0 atom stereocenters. The first-order valence-corrected chi connectivity index (χ1v) is 13.7. The van der Waals surface area contributed by atoms with E-state index in [1.54, 1.807) is 19.2 Å². The summed E-state index contributed by atoms with van der Waals surface area (Å²) in [5.41, 5.74) is 3.00. The molecule has 1 aromatic heterocycles. The van der Waals surface area contributed by atoms with Crippen LogP contribution in [-0.2, 0) is 16.0 Å². The van der Waals surface area contributed by atoms with Gasteiger partial charge < -0.3 is 15.4 Å². The van der Waals surface area contributed by atoms with Crippen molar-refractivity contribution in [2.24, 2.45) is 0 Å². The molecule has 3 aromatic carbocycles. The maximum atomic E-state index is 12.7. The van der Waals surface area contributed by atoms with Gasteiger partial charge in [-0.2, -0.15) is 0 Å². The van der Waals surface area contributed by atoms with Crippen molar-refractivity contribution in [1.29, 1.82) is 0 Å². The first kappa shape index (κ1) is 27.1. The summed E-state index contributed by atoms with van der Waals surface area (Å²) in [6, 6.07) is 17.1. The molecule has 0 aliphatic carbocycles. The van der Waals surface area contributed by atoms with Crippen LogP contribution in [0.25, 0.3) is 16.5 Å². The number of rotatable bonds is 10. The summed E-state index contributed by atoms with van der Waals surface area (Å²) in [7, 11) is 1.56. The molecule has 11 heteroatoms. The number of anilines is 1. The molecule has 0 unspecified atom stereocenters. The zero-order chi connectivity index (χ0) is 26.4. The van der Waals surface area contributed by atoms with Gasteiger partial charge in [-0.25, -0.2) is 0 Å². The van der Waals surface area contributed by atoms with Crippen LogP contribution in [0.4, 0.5) is 5.69 Å². The van der Waals surface area contributed by atoms with Crippen molar-refractivity contribution in [2.45, 2.75) is 18.5 Å². The van der Waals surface area contributed by atoms with Gasteiger partial charge in [-0.3, -0.25) is 14.2 Å². The number of carbonyl (C=O) groups is 2. The van der Waals surface area contributed by atoms with E-state index in [0.29, 0.717) is 34.3 Å². The van der Waals surface area contributed by atoms with Crippen LogP contribution in [0, 0.1) is 0 Å². The van der Waals surface area contributed by atoms with Crippen molar-refractivity contribution >= 4 is 67.6 Å². The molecule has 2 amide bonds. The molecule has 0 fully saturated rings. The van der Waals surface area contributed by atoms with Gasteiger partial charge in [-0.05, 0) is 57.6 Å². The van der Waals surface area contributed by atoms with Crippen molar-refractivity contribution < 1.29 is 14.3 Å². The molecule has 0 aliphatic rings. The van der Waals surface area contributed by atoms with Crippen molar-refractivity contribution in [1.82, 2.24) is 20.1 Å². The highest BCUT2D eigenvalue weighted by atomic mass is 79.9. The number of ether oxygens (including phenoxy) is 1. The van der Waals surface area contributed by atoms with Gasteiger partial charge in [0.1, 0.15) is 0 Å². The van der Waals surface area contributed by atoms with Gasteiger partial charge in [-0.1, -0.05) is 60.6 Å². The van der Waals surface area contributed by atoms with Gasteiger partial charge in [0, 0.05) is 24.6 Å². The van der Waals surface area contributed by atoms with E-state index in [1.807, 2.05) is 22.8 Å². The minimum atomic E-state index is -0.267. The summed E-state index contributed by atoms with van der Waals surface area (Å²) in [4.78, 5) is 24.9. The summed E-state index contributed by atoms with van der Waals surface area (Å²) in [5, 5.41) is 17.1. The van der Waals surface area contributed by atoms with E-state index in [0.717, 1.165) is 17.5 Å². The molecule has 0 saturated carbocycles. The van der Waals surface area contributed by atoms with Gasteiger partial charge in [0.05, 0.1) is 28.8 Å². The highest BCUT2D eigenvalue weighted by Gasteiger charge is 2.18. The molecule has 0 aliphatic heterocycles. The summed E-state index contributed by atoms with van der Waals surface area (Å²) >= 11 is 11.1. The van der Waals surface area contributed by atoms with E-state index >= 15 is 0 Å². The Balaban J connectivity index is 1.47. The zero-order valence-corrected chi connectivity index (χ0v) is 23.4. The smallest absolute Gasteiger partial charge is 0.251 e. The topological polar surface area (TPSA) is 98.1 Å². The lowest BCUT2D eigenvalue weighted by Crippen LogP contribution is -2.27. The third-order valence-electron chi connectivity index (χ3n) is 5.64. The van der Waals surface area contributed by atoms with Gasteiger partial charge in [-0.15, -0.1) is 10.2 Å². The van der Waals surface area contributed by atoms with Crippen LogP contribution in [0.3, 0.4) is 0 Å². The lowest BCUT2D eigenvalue weighted by molar-refractivity contribution is -0.113. The first-order chi connectivity index (χ1) is 17.9. The van der Waals surface area contributed by atoms with E-state index in [-0.39, 0.29) is 22.6 Å². The Hall–Kier alpha value is -2.92. The largest absolute Gasteiger partial charge is 0.383 e. The molecule has 4 aromatic rings. The van der Waals surface area contributed by atoms with E-state index in [1.165, 1.54) is 28.8 Å². The predicted molar refractivity (Wildman–Crippen MR) is 151 cm³/mol. The lowest BCUT2D eigenvalue weighted by Gasteiger charge is -2.13. The quantitative estimate of drug-likeness (QED) is 0.184. The van der Waals surface area contributed by atoms with Gasteiger partial charge in [0.15, 0.2) is 5.16 Å². The van der Waals surface area contributed by atoms with Crippen molar-refractivity contribution in [2.75, 3.05) is 31.3 Å². The Morgan fingerprint density at radius 1 is 1.11 bits per heavy atom. The fraction of sp³-hybridized carbons (Fsp3) is 0.231. The summed E-state index contributed by atoms with van der Waals surface area (Å²) < 4.78 is 7.37. The number of aryl methyl sites for hydroxylation is 1. The van der Waals surface area contributed by atoms with E-state index in [9.17, 15) is 9.59 Å². The number of methoxy groups -OCH3 is 1. The number of carbonyl (C=O) groups excluding carboxylic acids is 2. The molecule has 2 N–H and O–H groups in total. The summed E-state index contributed by atoms with van der Waals surface area (Å²) in [5.74, 6) is -0.441. The van der Waals surface area contributed by atoms with Gasteiger partial charge >= 0.3 is 0 Å². The van der Waals surface area contributed by atoms with Crippen LogP contribution in [0.15, 0.2) is 64.5 Å². The maximum absolute atomic E-state index is 12.7. The number of benzene rings is 3. The number of nitrogens with one attached hydrogen (secondary N) is 2. The van der Waals surface area contributed by atoms with Crippen LogP contribution in [0.5, 0.6) is 0 Å². The number of amides is 2. The van der Waals surface area contributed by atoms with Crippen LogP contribution in [0.2, 0.25) is 5.02 Å². The lowest BCUT2D eigenvalue weighted by atomic mass is 10.0. The van der Waals surface area contributed by atoms with Crippen molar-refractivity contribution in [3.05, 3.63) is 75.5 Å². The fourth-order valence-electron chi connectivity index (χ4n) is 3.84. The fourth-order valence-corrected chi connectivity index (χ4v) is 5.37. The molecule has 4 rings (SSSR count). The Kier molecular flexibility index (Phi) is 9.20. The number of aromatic nitrogens is 3. The number of halogens is 2. The van der Waals surface area contributed by atoms with Crippen molar-refractivity contribution in [3.8, 4) is 5.69 Å². The molecular formula is C26H25BrClN5O3S. The predicted octanol–water partition coefficient (Wildman–Crippen LogP) is 5.51. The van der Waals surface area contributed by atoms with Gasteiger partial charge in [0.2, 0.25) is 10.6 Å². The van der Waals surface area contributed by atoms with Gasteiger partial charge in [0.25, 0.3) is 5.91 Å². The second kappa shape index (κ2) is 12.6. The summed E-state index contributed by atoms with van der Waals surface area (Å²) in [6.45, 7) is 2.94. The van der Waals surface area contributed by atoms with Crippen LogP contribution in [-0.4, -0.2) is 52.6 Å². The maximum Gasteiger partial charge on any atom is 0.251 e. The molecule has 0 radical (unpaired) electrons. The van der Waals surface area contributed by atoms with Crippen molar-refractivity contribution in [3.63, 3.8) is 0 Å². The number of fused-ring (bicyclic) bond motifs is 1. The molecule has 1 heterocycles. The molecule has 0 bridgehead atoms. The third kappa shape index (κ3) is 6.32. The minimum absolute atomic E-state index is 0.0890. The Morgan fingerprint density at radius 2 is 1.89 bits per heavy atom. The summed E-state index contributed by atoms with van der Waals surface area (Å²) in [6.07, 6.45) is 0.925. The third-order valence-corrected chi connectivity index (χ3v) is 7.39. The second-order valence-electron chi connectivity index (χ2n) is 8.01. The molecular weight excluding hydrogens is 578 g/mol. The average molecular weight is 603 g/mol. The normalized spacial score (nSPS) is 11.0. The molecule has 0 spiro atoms. The number of nitrogens with zero attached hydrogens (tertiary/aromatic N) is 3. The highest BCUT2D eigenvalue weighted by molar-refractivity contribution is 9.10. The number of thioether (sulfide) groups is 1. The average Bonchev–Trinajstić information content (AvgIpc) is 3.27. The van der Waals surface area contributed by atoms with E-state index < -0.39 is 0 Å². The number of hydrogen-bond acceptors (Lipinski definition) is 6. The first-order valence-electron chi connectivity index (χ1n) is 11.5. The Labute approximate surface area is 232 Å². The standard InChI is InChI=1S/C26H25BrClN5O3S/c1-3-16-9-11-22(19-7-5-4-6-18(16)19)33-25(27)31-32-26(33)37-15-23(34)30-21-10-8-17(14-20(21)28)24(35)29-12-13-36-2/h4-11,14H,3,12-13,15H2,1-2H3,(H,29,35)(H,30,34). The van der Waals surface area contributed by atoms with Crippen LogP contribution >= 0.6 is 39.3 Å². The molecule has 8 nitrogen and oxygen atoms in total.